The van der Waals surface area contributed by atoms with Crippen LogP contribution in [0.1, 0.15) is 62.2 Å². The van der Waals surface area contributed by atoms with Crippen LogP contribution >= 0.6 is 22.6 Å². The average Bonchev–Trinajstić information content (AvgIpc) is 3.02. The quantitative estimate of drug-likeness (QED) is 0.126. The molecule has 3 atom stereocenters. The van der Waals surface area contributed by atoms with Crippen LogP contribution < -0.4 is 14.8 Å². The highest BCUT2D eigenvalue weighted by molar-refractivity contribution is 14.1. The minimum absolute atomic E-state index is 0.0629. The zero-order valence-corrected chi connectivity index (χ0v) is 27.4. The largest absolute Gasteiger partial charge is 0.493 e. The lowest BCUT2D eigenvalue weighted by molar-refractivity contribution is -0.139. The second-order valence-corrected chi connectivity index (χ2v) is 12.0. The van der Waals surface area contributed by atoms with Crippen molar-refractivity contribution in [2.24, 2.45) is 0 Å². The monoisotopic (exact) mass is 715 g/mol. The molecule has 1 heterocycles. The van der Waals surface area contributed by atoms with Crippen LogP contribution in [0.25, 0.3) is 0 Å². The van der Waals surface area contributed by atoms with Crippen LogP contribution in [0.15, 0.2) is 23.8 Å². The van der Waals surface area contributed by atoms with Gasteiger partial charge in [-0.15, -0.1) is 0 Å². The van der Waals surface area contributed by atoms with Crippen LogP contribution in [0.3, 0.4) is 0 Å². The van der Waals surface area contributed by atoms with Crippen LogP contribution in [0.4, 0.5) is 0 Å². The molecule has 1 aliphatic heterocycles. The third-order valence-electron chi connectivity index (χ3n) is 7.83. The Morgan fingerprint density at radius 1 is 1.21 bits per heavy atom. The first-order valence-corrected chi connectivity index (χ1v) is 16.3. The van der Waals surface area contributed by atoms with E-state index in [9.17, 15) is 24.6 Å². The Labute approximate surface area is 268 Å². The summed E-state index contributed by atoms with van der Waals surface area (Å²) in [5.41, 5.74) is 0.772. The first kappa shape index (κ1) is 35.2. The van der Waals surface area contributed by atoms with Crippen molar-refractivity contribution >= 4 is 40.7 Å². The Morgan fingerprint density at radius 3 is 2.63 bits per heavy atom. The van der Waals surface area contributed by atoms with E-state index in [0.717, 1.165) is 45.2 Å². The fraction of sp³-hybridized carbons (Fsp3) is 0.645. The van der Waals surface area contributed by atoms with Crippen molar-refractivity contribution in [1.29, 1.82) is 0 Å². The van der Waals surface area contributed by atoms with Crippen molar-refractivity contribution in [3.63, 3.8) is 0 Å². The van der Waals surface area contributed by atoms with Crippen LogP contribution in [0.5, 0.6) is 11.5 Å². The van der Waals surface area contributed by atoms with Crippen molar-refractivity contribution in [1.82, 2.24) is 15.1 Å². The number of nitrogens with zero attached hydrogens (tertiary/aromatic N) is 2. The average molecular weight is 716 g/mol. The zero-order valence-electron chi connectivity index (χ0n) is 25.3. The van der Waals surface area contributed by atoms with Crippen molar-refractivity contribution in [2.45, 2.75) is 70.1 Å². The van der Waals surface area contributed by atoms with Crippen LogP contribution in [0, 0.1) is 3.57 Å². The second-order valence-electron chi connectivity index (χ2n) is 10.9. The minimum atomic E-state index is -1.14. The molecule has 12 heteroatoms. The fourth-order valence-corrected chi connectivity index (χ4v) is 6.16. The van der Waals surface area contributed by atoms with Gasteiger partial charge in [-0.3, -0.25) is 19.3 Å². The summed E-state index contributed by atoms with van der Waals surface area (Å²) in [6.07, 6.45) is 5.69. The molecule has 0 spiro atoms. The van der Waals surface area contributed by atoms with Gasteiger partial charge in [0.05, 0.1) is 36.5 Å². The smallest absolute Gasteiger partial charge is 0.247 e. The number of unbranched alkanes of at least 4 members (excludes halogenated alkanes) is 4. The van der Waals surface area contributed by atoms with Crippen molar-refractivity contribution in [3.8, 4) is 11.5 Å². The molecule has 0 saturated carbocycles. The number of nitrogens with one attached hydrogen (secondary N) is 1. The Kier molecular flexibility index (Phi) is 15.2. The van der Waals surface area contributed by atoms with Crippen LogP contribution in [-0.4, -0.2) is 116 Å². The molecule has 1 aromatic rings. The van der Waals surface area contributed by atoms with Gasteiger partial charge < -0.3 is 34.6 Å². The summed E-state index contributed by atoms with van der Waals surface area (Å²) in [7, 11) is 1.46. The number of ether oxygens (including phenoxy) is 3. The van der Waals surface area contributed by atoms with E-state index < -0.39 is 24.2 Å². The van der Waals surface area contributed by atoms with Gasteiger partial charge in [0.15, 0.2) is 11.5 Å². The van der Waals surface area contributed by atoms with E-state index in [1.54, 1.807) is 23.1 Å². The molecule has 3 unspecified atom stereocenters. The summed E-state index contributed by atoms with van der Waals surface area (Å²) in [5.74, 6) is 0.187. The fourth-order valence-electron chi connectivity index (χ4n) is 5.41. The normalized spacial score (nSPS) is 20.7. The van der Waals surface area contributed by atoms with Gasteiger partial charge in [-0.1, -0.05) is 32.6 Å². The topological polar surface area (TPSA) is 138 Å². The SMILES string of the molecule is CCCCCCCC(=O)N(CCN1CCOCC1)C1CC(C(=O)NCCO)=CC(Oc2c(I)cc(C=O)cc2OC)C1O. The van der Waals surface area contributed by atoms with Gasteiger partial charge in [-0.2, -0.15) is 0 Å². The first-order valence-electron chi connectivity index (χ1n) is 15.2. The molecule has 1 aromatic carbocycles. The van der Waals surface area contributed by atoms with Gasteiger partial charge in [0.1, 0.15) is 18.5 Å². The van der Waals surface area contributed by atoms with Gasteiger partial charge in [0.25, 0.3) is 0 Å². The number of morpholine rings is 1. The Morgan fingerprint density at radius 2 is 1.95 bits per heavy atom. The summed E-state index contributed by atoms with van der Waals surface area (Å²) >= 11 is 2.04. The van der Waals surface area contributed by atoms with E-state index in [4.69, 9.17) is 14.2 Å². The molecule has 0 bridgehead atoms. The lowest BCUT2D eigenvalue weighted by Gasteiger charge is -2.41. The number of carbonyl (C=O) groups excluding carboxylic acids is 3. The van der Waals surface area contributed by atoms with Crippen LogP contribution in [0.2, 0.25) is 0 Å². The molecule has 0 aromatic heterocycles. The molecule has 11 nitrogen and oxygen atoms in total. The molecule has 2 aliphatic rings. The highest BCUT2D eigenvalue weighted by Gasteiger charge is 2.41. The second kappa shape index (κ2) is 18.5. The molecule has 1 fully saturated rings. The number of hydrogen-bond acceptors (Lipinski definition) is 9. The Bertz CT molecular complexity index is 1100. The van der Waals surface area contributed by atoms with Gasteiger partial charge in [-0.05, 0) is 47.2 Å². The first-order chi connectivity index (χ1) is 20.8. The predicted octanol–water partition coefficient (Wildman–Crippen LogP) is 2.55. The molecule has 43 heavy (non-hydrogen) atoms. The molecule has 2 amide bonds. The number of amides is 2. The molecular weight excluding hydrogens is 669 g/mol. The molecular formula is C31H46IN3O8. The number of aliphatic hydroxyl groups is 2. The number of benzene rings is 1. The Balaban J connectivity index is 1.92. The molecule has 1 aliphatic carbocycles. The predicted molar refractivity (Wildman–Crippen MR) is 170 cm³/mol. The number of rotatable bonds is 17. The van der Waals surface area contributed by atoms with Gasteiger partial charge in [0.2, 0.25) is 11.8 Å². The summed E-state index contributed by atoms with van der Waals surface area (Å²) < 4.78 is 17.9. The summed E-state index contributed by atoms with van der Waals surface area (Å²) in [6.45, 7) is 5.82. The molecule has 3 rings (SSSR count). The van der Waals surface area contributed by atoms with Crippen molar-refractivity contribution < 1.29 is 38.8 Å². The third-order valence-corrected chi connectivity index (χ3v) is 8.63. The minimum Gasteiger partial charge on any atom is -0.493 e. The zero-order chi connectivity index (χ0) is 31.2. The molecule has 240 valence electrons. The van der Waals surface area contributed by atoms with E-state index in [1.165, 1.54) is 7.11 Å². The highest BCUT2D eigenvalue weighted by Crippen LogP contribution is 2.37. The van der Waals surface area contributed by atoms with E-state index in [0.29, 0.717) is 65.2 Å². The van der Waals surface area contributed by atoms with Crippen molar-refractivity contribution in [3.05, 3.63) is 32.9 Å². The lowest BCUT2D eigenvalue weighted by Crippen LogP contribution is -2.56. The maximum atomic E-state index is 13.8. The maximum Gasteiger partial charge on any atom is 0.247 e. The summed E-state index contributed by atoms with van der Waals surface area (Å²) in [5, 5.41) is 23.7. The van der Waals surface area contributed by atoms with E-state index in [2.05, 4.69) is 17.1 Å². The van der Waals surface area contributed by atoms with Gasteiger partial charge in [0, 0.05) is 56.7 Å². The lowest BCUT2D eigenvalue weighted by atomic mass is 9.87. The molecule has 0 radical (unpaired) electrons. The van der Waals surface area contributed by atoms with E-state index >= 15 is 0 Å². The number of carbonyl (C=O) groups is 3. The van der Waals surface area contributed by atoms with Gasteiger partial charge >= 0.3 is 0 Å². The van der Waals surface area contributed by atoms with Crippen molar-refractivity contribution in [2.75, 3.05) is 59.7 Å². The Hall–Kier alpha value is -2.26. The number of halogens is 1. The maximum absolute atomic E-state index is 13.8. The standard InChI is InChI=1S/C31H46IN3O8/c1-3-4-5-6-7-8-28(38)35(11-10-34-12-15-42-16-13-34)25-19-23(31(40)33-9-14-36)20-26(29(25)39)43-30-24(32)17-22(21-37)18-27(30)41-2/h17-18,20-21,25-26,29,36,39H,3-16,19H2,1-2H3,(H,33,40). The third kappa shape index (κ3) is 10.4. The van der Waals surface area contributed by atoms with Gasteiger partial charge in [-0.25, -0.2) is 0 Å². The number of methoxy groups -OCH3 is 1. The van der Waals surface area contributed by atoms with E-state index in [1.807, 2.05) is 22.6 Å². The summed E-state index contributed by atoms with van der Waals surface area (Å²) in [4.78, 5) is 42.3. The van der Waals surface area contributed by atoms with Crippen LogP contribution in [-0.2, 0) is 14.3 Å². The molecule has 3 N–H and O–H groups in total. The number of aldehydes is 1. The molecule has 1 saturated heterocycles. The summed E-state index contributed by atoms with van der Waals surface area (Å²) in [6, 6.07) is 2.48. The highest BCUT2D eigenvalue weighted by atomic mass is 127. The number of hydrogen-bond donors (Lipinski definition) is 3. The van der Waals surface area contributed by atoms with E-state index in [-0.39, 0.29) is 25.5 Å². The number of aliphatic hydroxyl groups excluding tert-OH is 2.